The van der Waals surface area contributed by atoms with Crippen molar-refractivity contribution in [2.24, 2.45) is 5.10 Å². The molecule has 33 heavy (non-hydrogen) atoms. The molecule has 0 aliphatic carbocycles. The molecule has 7 heteroatoms. The van der Waals surface area contributed by atoms with Gasteiger partial charge in [-0.15, -0.1) is 0 Å². The van der Waals surface area contributed by atoms with E-state index in [0.29, 0.717) is 17.2 Å². The van der Waals surface area contributed by atoms with Crippen LogP contribution in [0.2, 0.25) is 0 Å². The topological polar surface area (TPSA) is 77.0 Å². The van der Waals surface area contributed by atoms with E-state index in [1.165, 1.54) is 24.4 Å². The van der Waals surface area contributed by atoms with Gasteiger partial charge < -0.3 is 9.47 Å². The molecule has 0 aliphatic rings. The second-order valence-corrected chi connectivity index (χ2v) is 7.70. The molecule has 0 fully saturated rings. The summed E-state index contributed by atoms with van der Waals surface area (Å²) in [6.07, 6.45) is 1.45. The molecule has 6 nitrogen and oxygen atoms in total. The third-order valence-corrected chi connectivity index (χ3v) is 4.82. The van der Waals surface area contributed by atoms with Crippen LogP contribution in [0.15, 0.2) is 71.8 Å². The minimum Gasteiger partial charge on any atom is -0.483 e. The molecule has 0 heterocycles. The maximum atomic E-state index is 13.7. The van der Waals surface area contributed by atoms with E-state index in [1.54, 1.807) is 30.3 Å². The van der Waals surface area contributed by atoms with E-state index in [2.05, 4.69) is 24.4 Å². The average molecular weight is 448 g/mol. The van der Waals surface area contributed by atoms with Crippen LogP contribution in [0, 0.1) is 12.7 Å². The van der Waals surface area contributed by atoms with E-state index in [0.717, 1.165) is 11.1 Å². The maximum absolute atomic E-state index is 13.7. The van der Waals surface area contributed by atoms with Gasteiger partial charge in [-0.3, -0.25) is 4.79 Å². The molecule has 0 bridgehead atoms. The van der Waals surface area contributed by atoms with Gasteiger partial charge in [0, 0.05) is 0 Å². The lowest BCUT2D eigenvalue weighted by atomic mass is 10.0. The van der Waals surface area contributed by atoms with Crippen LogP contribution in [0.5, 0.6) is 11.5 Å². The highest BCUT2D eigenvalue weighted by atomic mass is 19.1. The van der Waals surface area contributed by atoms with Gasteiger partial charge in [-0.2, -0.15) is 5.10 Å². The van der Waals surface area contributed by atoms with Gasteiger partial charge in [0.1, 0.15) is 17.3 Å². The molecule has 0 aromatic heterocycles. The molecule has 3 aromatic carbocycles. The summed E-state index contributed by atoms with van der Waals surface area (Å²) in [6, 6.07) is 18.0. The zero-order valence-electron chi connectivity index (χ0n) is 18.7. The standard InChI is InChI=1S/C26H25FN2O4/c1-17(2)20-11-8-18(3)24(14-20)32-16-25(30)29-28-15-19-9-12-21(13-10-19)33-26(31)22-6-4-5-7-23(22)27/h4-15,17H,16H2,1-3H3,(H,29,30)/b28-15-. The maximum Gasteiger partial charge on any atom is 0.346 e. The predicted octanol–water partition coefficient (Wildman–Crippen LogP) is 5.01. The molecule has 0 saturated carbocycles. The number of rotatable bonds is 8. The van der Waals surface area contributed by atoms with Crippen molar-refractivity contribution < 1.29 is 23.5 Å². The van der Waals surface area contributed by atoms with E-state index in [-0.39, 0.29) is 17.9 Å². The quantitative estimate of drug-likeness (QED) is 0.228. The Hall–Kier alpha value is -4.00. The fourth-order valence-corrected chi connectivity index (χ4v) is 2.90. The summed E-state index contributed by atoms with van der Waals surface area (Å²) in [6.45, 7) is 5.95. The Balaban J connectivity index is 1.49. The summed E-state index contributed by atoms with van der Waals surface area (Å²) in [5, 5.41) is 3.91. The van der Waals surface area contributed by atoms with Crippen LogP contribution in [0.4, 0.5) is 4.39 Å². The molecule has 0 aliphatic heterocycles. The van der Waals surface area contributed by atoms with Crippen molar-refractivity contribution in [3.05, 3.63) is 94.8 Å². The van der Waals surface area contributed by atoms with Gasteiger partial charge in [0.05, 0.1) is 11.8 Å². The Bertz CT molecular complexity index is 1160. The lowest BCUT2D eigenvalue weighted by molar-refractivity contribution is -0.123. The number of hydrogen-bond acceptors (Lipinski definition) is 5. The fourth-order valence-electron chi connectivity index (χ4n) is 2.90. The number of benzene rings is 3. The molecule has 3 aromatic rings. The molecule has 0 saturated heterocycles. The van der Waals surface area contributed by atoms with Crippen molar-refractivity contribution in [2.45, 2.75) is 26.7 Å². The zero-order valence-corrected chi connectivity index (χ0v) is 18.7. The van der Waals surface area contributed by atoms with E-state index in [4.69, 9.17) is 9.47 Å². The highest BCUT2D eigenvalue weighted by Crippen LogP contribution is 2.24. The Kier molecular flexibility index (Phi) is 7.91. The molecule has 0 spiro atoms. The van der Waals surface area contributed by atoms with Gasteiger partial charge >= 0.3 is 5.97 Å². The predicted molar refractivity (Wildman–Crippen MR) is 124 cm³/mol. The second-order valence-electron chi connectivity index (χ2n) is 7.70. The summed E-state index contributed by atoms with van der Waals surface area (Å²) in [5.74, 6) is -0.528. The Morgan fingerprint density at radius 1 is 1.06 bits per heavy atom. The van der Waals surface area contributed by atoms with E-state index >= 15 is 0 Å². The van der Waals surface area contributed by atoms with Crippen LogP contribution in [0.1, 0.15) is 46.8 Å². The average Bonchev–Trinajstić information content (AvgIpc) is 2.79. The zero-order chi connectivity index (χ0) is 23.8. The van der Waals surface area contributed by atoms with E-state index < -0.39 is 17.7 Å². The smallest absolute Gasteiger partial charge is 0.346 e. The highest BCUT2D eigenvalue weighted by molar-refractivity contribution is 5.91. The number of nitrogens with one attached hydrogen (secondary N) is 1. The molecular formula is C26H25FN2O4. The van der Waals surface area contributed by atoms with Gasteiger partial charge in [-0.25, -0.2) is 14.6 Å². The Labute approximate surface area is 192 Å². The Morgan fingerprint density at radius 3 is 2.48 bits per heavy atom. The number of amides is 1. The first-order valence-corrected chi connectivity index (χ1v) is 10.5. The minimum atomic E-state index is -0.782. The van der Waals surface area contributed by atoms with Crippen molar-refractivity contribution >= 4 is 18.1 Å². The summed E-state index contributed by atoms with van der Waals surface area (Å²) in [7, 11) is 0. The lowest BCUT2D eigenvalue weighted by Gasteiger charge is -2.12. The van der Waals surface area contributed by atoms with Crippen LogP contribution in [0.3, 0.4) is 0 Å². The van der Waals surface area contributed by atoms with Crippen LogP contribution in [-0.2, 0) is 4.79 Å². The summed E-state index contributed by atoms with van der Waals surface area (Å²) in [5.41, 5.74) is 5.03. The summed E-state index contributed by atoms with van der Waals surface area (Å²) in [4.78, 5) is 24.1. The molecule has 170 valence electrons. The van der Waals surface area contributed by atoms with E-state index in [9.17, 15) is 14.0 Å². The van der Waals surface area contributed by atoms with Crippen LogP contribution in [-0.4, -0.2) is 24.7 Å². The van der Waals surface area contributed by atoms with E-state index in [1.807, 2.05) is 25.1 Å². The van der Waals surface area contributed by atoms with Gasteiger partial charge in [0.25, 0.3) is 5.91 Å². The number of esters is 1. The highest BCUT2D eigenvalue weighted by Gasteiger charge is 2.13. The molecule has 0 unspecified atom stereocenters. The number of hydrazone groups is 1. The van der Waals surface area contributed by atoms with Gasteiger partial charge in [0.2, 0.25) is 0 Å². The molecule has 1 N–H and O–H groups in total. The molecule has 0 radical (unpaired) electrons. The molecule has 3 rings (SSSR count). The Morgan fingerprint density at radius 2 is 1.79 bits per heavy atom. The van der Waals surface area contributed by atoms with Gasteiger partial charge in [-0.05, 0) is 72.0 Å². The van der Waals surface area contributed by atoms with Crippen LogP contribution < -0.4 is 14.9 Å². The molecule has 1 amide bonds. The molecule has 0 atom stereocenters. The first kappa shape index (κ1) is 23.7. The number of hydrogen-bond donors (Lipinski definition) is 1. The van der Waals surface area contributed by atoms with Crippen molar-refractivity contribution in [1.82, 2.24) is 5.43 Å². The second kappa shape index (κ2) is 11.0. The first-order valence-electron chi connectivity index (χ1n) is 10.5. The normalized spacial score (nSPS) is 10.9. The number of carbonyl (C=O) groups excluding carboxylic acids is 2. The summed E-state index contributed by atoms with van der Waals surface area (Å²) >= 11 is 0. The van der Waals surface area contributed by atoms with Crippen LogP contribution >= 0.6 is 0 Å². The first-order chi connectivity index (χ1) is 15.8. The number of aryl methyl sites for hydroxylation is 1. The molecular weight excluding hydrogens is 423 g/mol. The van der Waals surface area contributed by atoms with Crippen molar-refractivity contribution in [1.29, 1.82) is 0 Å². The van der Waals surface area contributed by atoms with Crippen molar-refractivity contribution in [2.75, 3.05) is 6.61 Å². The number of nitrogens with zero attached hydrogens (tertiary/aromatic N) is 1. The number of carbonyl (C=O) groups is 2. The van der Waals surface area contributed by atoms with Gasteiger partial charge in [0.15, 0.2) is 6.61 Å². The fraction of sp³-hybridized carbons (Fsp3) is 0.192. The third-order valence-electron chi connectivity index (χ3n) is 4.82. The lowest BCUT2D eigenvalue weighted by Crippen LogP contribution is -2.24. The minimum absolute atomic E-state index is 0.140. The van der Waals surface area contributed by atoms with Gasteiger partial charge in [-0.1, -0.05) is 38.1 Å². The third kappa shape index (κ3) is 6.74. The SMILES string of the molecule is Cc1ccc(C(C)C)cc1OCC(=O)N/N=C\c1ccc(OC(=O)c2ccccc2F)cc1. The van der Waals surface area contributed by atoms with Crippen molar-refractivity contribution in [3.8, 4) is 11.5 Å². The largest absolute Gasteiger partial charge is 0.483 e. The van der Waals surface area contributed by atoms with Crippen molar-refractivity contribution in [3.63, 3.8) is 0 Å². The monoisotopic (exact) mass is 448 g/mol. The summed E-state index contributed by atoms with van der Waals surface area (Å²) < 4.78 is 24.5. The number of ether oxygens (including phenoxy) is 2. The van der Waals surface area contributed by atoms with Crippen LogP contribution in [0.25, 0.3) is 0 Å². The number of halogens is 1.